The molecule has 2 atom stereocenters. The fourth-order valence-corrected chi connectivity index (χ4v) is 5.07. The van der Waals surface area contributed by atoms with Gasteiger partial charge in [-0.25, -0.2) is 4.39 Å². The normalized spacial score (nSPS) is 17.3. The lowest BCUT2D eigenvalue weighted by Gasteiger charge is -2.26. The van der Waals surface area contributed by atoms with Crippen LogP contribution in [-0.4, -0.2) is 16.0 Å². The molecule has 0 aliphatic carbocycles. The van der Waals surface area contributed by atoms with E-state index in [0.29, 0.717) is 26.8 Å². The van der Waals surface area contributed by atoms with Gasteiger partial charge in [-0.05, 0) is 94.9 Å². The van der Waals surface area contributed by atoms with Crippen LogP contribution in [0.15, 0.2) is 87.9 Å². The quantitative estimate of drug-likeness (QED) is 0.281. The van der Waals surface area contributed by atoms with Gasteiger partial charge in [-0.2, -0.15) is 0 Å². The Balaban J connectivity index is 1.56. The highest BCUT2D eigenvalue weighted by atomic mass is 79.9. The second-order valence-electron chi connectivity index (χ2n) is 8.05. The number of carbonyl (C=O) groups excluding carboxylic acids is 1. The number of rotatable bonds is 5. The molecule has 0 saturated carbocycles. The number of nitrogens with one attached hydrogen (secondary N) is 2. The van der Waals surface area contributed by atoms with Gasteiger partial charge in [-0.1, -0.05) is 6.07 Å². The van der Waals surface area contributed by atoms with Gasteiger partial charge in [0.2, 0.25) is 5.91 Å². The van der Waals surface area contributed by atoms with Gasteiger partial charge in [0.25, 0.3) is 0 Å². The molecule has 6 nitrogen and oxygen atoms in total. The highest BCUT2D eigenvalue weighted by Gasteiger charge is 2.42. The minimum absolute atomic E-state index is 0.140. The number of nitrogens with zero attached hydrogens (tertiary/aromatic N) is 2. The molecule has 2 aromatic heterocycles. The van der Waals surface area contributed by atoms with Gasteiger partial charge in [0.05, 0.1) is 11.7 Å². The molecule has 1 aliphatic heterocycles. The average Bonchev–Trinajstić information content (AvgIpc) is 3.44. The highest BCUT2D eigenvalue weighted by Crippen LogP contribution is 2.43. The Morgan fingerprint density at radius 2 is 1.94 bits per heavy atom. The number of anilines is 2. The molecule has 4 aromatic rings. The molecule has 0 radical (unpaired) electrons. The van der Waals surface area contributed by atoms with Crippen LogP contribution in [0.2, 0.25) is 0 Å². The SMILES string of the molecule is CC(=O)Nc1ccc(N2C(=S)N[C@H](c3ccccn3)[C@@H]2c2ccc(-c3ccc(F)cc3Br)o2)cc1. The van der Waals surface area contributed by atoms with E-state index in [1.54, 1.807) is 12.3 Å². The van der Waals surface area contributed by atoms with Crippen molar-refractivity contribution in [1.82, 2.24) is 10.3 Å². The van der Waals surface area contributed by atoms with Crippen molar-refractivity contribution in [1.29, 1.82) is 0 Å². The number of carbonyl (C=O) groups is 1. The van der Waals surface area contributed by atoms with E-state index in [1.807, 2.05) is 59.5 Å². The largest absolute Gasteiger partial charge is 0.459 e. The number of thiocarbonyl (C=S) groups is 1. The first-order chi connectivity index (χ1) is 16.9. The van der Waals surface area contributed by atoms with Crippen LogP contribution in [0.25, 0.3) is 11.3 Å². The third kappa shape index (κ3) is 4.69. The summed E-state index contributed by atoms with van der Waals surface area (Å²) in [5.41, 5.74) is 3.09. The van der Waals surface area contributed by atoms with Crippen LogP contribution in [0.1, 0.15) is 30.5 Å². The van der Waals surface area contributed by atoms with E-state index >= 15 is 0 Å². The molecular weight excluding hydrogens is 531 g/mol. The predicted octanol–water partition coefficient (Wildman–Crippen LogP) is 6.38. The first kappa shape index (κ1) is 23.2. The first-order valence-electron chi connectivity index (χ1n) is 10.8. The Morgan fingerprint density at radius 3 is 2.63 bits per heavy atom. The Morgan fingerprint density at radius 1 is 1.14 bits per heavy atom. The van der Waals surface area contributed by atoms with Gasteiger partial charge < -0.3 is 20.0 Å². The summed E-state index contributed by atoms with van der Waals surface area (Å²) in [6, 6.07) is 20.8. The summed E-state index contributed by atoms with van der Waals surface area (Å²) < 4.78 is 20.5. The Labute approximate surface area is 215 Å². The van der Waals surface area contributed by atoms with Crippen molar-refractivity contribution in [2.45, 2.75) is 19.0 Å². The van der Waals surface area contributed by atoms with E-state index in [2.05, 4.69) is 31.5 Å². The minimum atomic E-state index is -0.336. The van der Waals surface area contributed by atoms with E-state index in [0.717, 1.165) is 16.9 Å². The minimum Gasteiger partial charge on any atom is -0.459 e. The number of hydrogen-bond acceptors (Lipinski definition) is 4. The maximum Gasteiger partial charge on any atom is 0.221 e. The Hall–Kier alpha value is -3.56. The van der Waals surface area contributed by atoms with Gasteiger partial charge in [-0.15, -0.1) is 0 Å². The number of aromatic nitrogens is 1. The number of halogens is 2. The zero-order valence-electron chi connectivity index (χ0n) is 18.5. The molecule has 2 aromatic carbocycles. The second-order valence-corrected chi connectivity index (χ2v) is 9.29. The third-order valence-corrected chi connectivity index (χ3v) is 6.65. The van der Waals surface area contributed by atoms with Crippen molar-refractivity contribution in [3.63, 3.8) is 0 Å². The van der Waals surface area contributed by atoms with Gasteiger partial charge in [0.1, 0.15) is 23.4 Å². The van der Waals surface area contributed by atoms with Crippen LogP contribution in [-0.2, 0) is 4.79 Å². The standard InChI is InChI=1S/C26H20BrFN4O2S/c1-15(33)30-17-6-8-18(9-7-17)32-25(24(31-26(32)35)21-4-2-3-13-29-21)23-12-11-22(34-23)19-10-5-16(28)14-20(19)27/h2-14,24-25H,1H3,(H,30,33)(H,31,35)/t24-,25+/m1/s1. The van der Waals surface area contributed by atoms with Crippen molar-refractivity contribution in [3.8, 4) is 11.3 Å². The zero-order chi connectivity index (χ0) is 24.5. The maximum absolute atomic E-state index is 13.6. The molecule has 9 heteroatoms. The van der Waals surface area contributed by atoms with E-state index < -0.39 is 0 Å². The van der Waals surface area contributed by atoms with Crippen LogP contribution >= 0.6 is 28.1 Å². The summed E-state index contributed by atoms with van der Waals surface area (Å²) in [5.74, 6) is 0.803. The van der Waals surface area contributed by atoms with Crippen LogP contribution in [0.3, 0.4) is 0 Å². The summed E-state index contributed by atoms with van der Waals surface area (Å²) >= 11 is 9.16. The van der Waals surface area contributed by atoms with Crippen molar-refractivity contribution >= 4 is 50.5 Å². The van der Waals surface area contributed by atoms with Crippen LogP contribution < -0.4 is 15.5 Å². The molecule has 2 N–H and O–H groups in total. The molecule has 1 saturated heterocycles. The zero-order valence-corrected chi connectivity index (χ0v) is 20.9. The average molecular weight is 551 g/mol. The number of amides is 1. The second kappa shape index (κ2) is 9.59. The highest BCUT2D eigenvalue weighted by molar-refractivity contribution is 9.10. The van der Waals surface area contributed by atoms with E-state index in [-0.39, 0.29) is 23.8 Å². The van der Waals surface area contributed by atoms with Gasteiger partial charge in [0, 0.05) is 34.5 Å². The third-order valence-electron chi connectivity index (χ3n) is 5.68. The summed E-state index contributed by atoms with van der Waals surface area (Å²) in [7, 11) is 0. The van der Waals surface area contributed by atoms with Crippen molar-refractivity contribution in [2.24, 2.45) is 0 Å². The van der Waals surface area contributed by atoms with Gasteiger partial charge >= 0.3 is 0 Å². The van der Waals surface area contributed by atoms with Crippen LogP contribution in [0.5, 0.6) is 0 Å². The van der Waals surface area contributed by atoms with E-state index in [9.17, 15) is 9.18 Å². The molecule has 0 bridgehead atoms. The molecule has 1 amide bonds. The molecule has 5 rings (SSSR count). The van der Waals surface area contributed by atoms with Crippen LogP contribution in [0.4, 0.5) is 15.8 Å². The van der Waals surface area contributed by atoms with Gasteiger partial charge in [0.15, 0.2) is 5.11 Å². The fraction of sp³-hybridized carbons (Fsp3) is 0.115. The number of benzene rings is 2. The lowest BCUT2D eigenvalue weighted by Crippen LogP contribution is -2.29. The van der Waals surface area contributed by atoms with Crippen molar-refractivity contribution in [3.05, 3.63) is 101 Å². The molecule has 35 heavy (non-hydrogen) atoms. The smallest absolute Gasteiger partial charge is 0.221 e. The fourth-order valence-electron chi connectivity index (χ4n) is 4.18. The topological polar surface area (TPSA) is 70.4 Å². The van der Waals surface area contributed by atoms with Crippen molar-refractivity contribution in [2.75, 3.05) is 10.2 Å². The van der Waals surface area contributed by atoms with E-state index in [4.69, 9.17) is 16.6 Å². The lowest BCUT2D eigenvalue weighted by atomic mass is 10.0. The predicted molar refractivity (Wildman–Crippen MR) is 140 cm³/mol. The molecule has 1 fully saturated rings. The summed E-state index contributed by atoms with van der Waals surface area (Å²) in [6.07, 6.45) is 1.74. The lowest BCUT2D eigenvalue weighted by molar-refractivity contribution is -0.114. The molecule has 176 valence electrons. The first-order valence-corrected chi connectivity index (χ1v) is 12.0. The van der Waals surface area contributed by atoms with Gasteiger partial charge in [-0.3, -0.25) is 9.78 Å². The number of furan rings is 1. The number of pyridine rings is 1. The Kier molecular flexibility index (Phi) is 6.36. The molecular formula is C26H20BrFN4O2S. The summed E-state index contributed by atoms with van der Waals surface area (Å²) in [4.78, 5) is 17.9. The monoisotopic (exact) mass is 550 g/mol. The van der Waals surface area contributed by atoms with Crippen molar-refractivity contribution < 1.29 is 13.6 Å². The van der Waals surface area contributed by atoms with Crippen LogP contribution in [0, 0.1) is 5.82 Å². The molecule has 0 spiro atoms. The number of hydrogen-bond donors (Lipinski definition) is 2. The Bertz CT molecular complexity index is 1390. The molecule has 3 heterocycles. The van der Waals surface area contributed by atoms with E-state index in [1.165, 1.54) is 19.1 Å². The maximum atomic E-state index is 13.6. The molecule has 1 aliphatic rings. The summed E-state index contributed by atoms with van der Waals surface area (Å²) in [5, 5.41) is 6.69. The summed E-state index contributed by atoms with van der Waals surface area (Å²) in [6.45, 7) is 1.47. The molecule has 0 unspecified atom stereocenters.